The van der Waals surface area contributed by atoms with E-state index in [0.717, 1.165) is 29.2 Å². The molecule has 0 aromatic carbocycles. The van der Waals surface area contributed by atoms with Gasteiger partial charge >= 0.3 is 0 Å². The first kappa shape index (κ1) is 15.3. The van der Waals surface area contributed by atoms with Crippen LogP contribution in [0.1, 0.15) is 33.9 Å². The van der Waals surface area contributed by atoms with E-state index < -0.39 is 0 Å². The summed E-state index contributed by atoms with van der Waals surface area (Å²) in [7, 11) is 0. The molecule has 2 aromatic heterocycles. The van der Waals surface area contributed by atoms with Crippen LogP contribution in [0.15, 0.2) is 35.7 Å². The molecule has 0 radical (unpaired) electrons. The first-order valence-electron chi connectivity index (χ1n) is 8.20. The number of hydrogen-bond acceptors (Lipinski definition) is 4. The Bertz CT molecular complexity index is 774. The highest BCUT2D eigenvalue weighted by molar-refractivity contribution is 7.12. The number of fused-ring (bicyclic) bond motifs is 1. The molecule has 0 aliphatic carbocycles. The normalized spacial score (nSPS) is 23.0. The molecule has 124 valence electrons. The molecule has 0 unspecified atom stereocenters. The van der Waals surface area contributed by atoms with Crippen molar-refractivity contribution in [1.29, 1.82) is 0 Å². The van der Waals surface area contributed by atoms with Gasteiger partial charge in [-0.25, -0.2) is 0 Å². The predicted octanol–water partition coefficient (Wildman–Crippen LogP) is 2.47. The fourth-order valence-corrected chi connectivity index (χ4v) is 4.47. The minimum Gasteiger partial charge on any atom is -0.332 e. The molecular formula is C18H19N3O2S. The number of thiophene rings is 1. The van der Waals surface area contributed by atoms with Crippen LogP contribution in [0.25, 0.3) is 0 Å². The molecule has 2 amide bonds. The van der Waals surface area contributed by atoms with E-state index >= 15 is 0 Å². The molecule has 0 bridgehead atoms. The van der Waals surface area contributed by atoms with E-state index in [1.54, 1.807) is 0 Å². The highest BCUT2D eigenvalue weighted by atomic mass is 32.1. The molecule has 2 atom stereocenters. The van der Waals surface area contributed by atoms with Crippen molar-refractivity contribution < 1.29 is 9.59 Å². The second-order valence-electron chi connectivity index (χ2n) is 6.40. The number of carbonyl (C=O) groups excluding carboxylic acids is 2. The molecule has 6 heteroatoms. The maximum Gasteiger partial charge on any atom is 0.264 e. The number of nitrogens with zero attached hydrogens (tertiary/aromatic N) is 3. The molecule has 4 rings (SSSR count). The standard InChI is InChI=1S/C18H19N3O2S/c1-12-4-2-5-13(19-12)11-21-14-7-8-20(15(14)10-17(21)22)18(23)16-6-3-9-24-16/h2-6,9,14-15H,7-8,10-11H2,1H3/t14-,15-/m1/s1. The second-order valence-corrected chi connectivity index (χ2v) is 7.34. The summed E-state index contributed by atoms with van der Waals surface area (Å²) in [5.74, 6) is 0.179. The topological polar surface area (TPSA) is 53.5 Å². The predicted molar refractivity (Wildman–Crippen MR) is 91.7 cm³/mol. The van der Waals surface area contributed by atoms with Crippen molar-refractivity contribution in [3.05, 3.63) is 52.0 Å². The first-order chi connectivity index (χ1) is 11.6. The third-order valence-corrected chi connectivity index (χ3v) is 5.74. The number of hydrogen-bond donors (Lipinski definition) is 0. The van der Waals surface area contributed by atoms with Crippen LogP contribution in [0.3, 0.4) is 0 Å². The number of amides is 2. The van der Waals surface area contributed by atoms with Gasteiger partial charge in [0.2, 0.25) is 5.91 Å². The lowest BCUT2D eigenvalue weighted by Gasteiger charge is -2.25. The zero-order valence-electron chi connectivity index (χ0n) is 13.5. The van der Waals surface area contributed by atoms with Gasteiger partial charge < -0.3 is 9.80 Å². The fourth-order valence-electron chi connectivity index (χ4n) is 3.79. The molecule has 2 fully saturated rings. The van der Waals surface area contributed by atoms with E-state index in [9.17, 15) is 9.59 Å². The highest BCUT2D eigenvalue weighted by Gasteiger charge is 2.48. The van der Waals surface area contributed by atoms with Crippen molar-refractivity contribution in [3.63, 3.8) is 0 Å². The summed E-state index contributed by atoms with van der Waals surface area (Å²) in [4.78, 5) is 34.2. The molecule has 2 aliphatic rings. The Labute approximate surface area is 144 Å². The molecule has 24 heavy (non-hydrogen) atoms. The number of carbonyl (C=O) groups is 2. The monoisotopic (exact) mass is 341 g/mol. The Balaban J connectivity index is 1.52. The van der Waals surface area contributed by atoms with E-state index in [1.807, 2.05) is 52.4 Å². The van der Waals surface area contributed by atoms with Crippen LogP contribution in [-0.4, -0.2) is 45.2 Å². The Morgan fingerprint density at radius 3 is 2.92 bits per heavy atom. The largest absolute Gasteiger partial charge is 0.332 e. The van der Waals surface area contributed by atoms with Crippen LogP contribution in [0.2, 0.25) is 0 Å². The van der Waals surface area contributed by atoms with Gasteiger partial charge in [0.25, 0.3) is 5.91 Å². The minimum atomic E-state index is -0.00286. The zero-order chi connectivity index (χ0) is 16.7. The molecular weight excluding hydrogens is 322 g/mol. The van der Waals surface area contributed by atoms with Gasteiger partial charge in [-0.2, -0.15) is 0 Å². The van der Waals surface area contributed by atoms with Crippen LogP contribution in [0.4, 0.5) is 0 Å². The molecule has 2 aromatic rings. The average Bonchev–Trinajstić information content (AvgIpc) is 3.26. The van der Waals surface area contributed by atoms with E-state index in [-0.39, 0.29) is 23.9 Å². The summed E-state index contributed by atoms with van der Waals surface area (Å²) in [6.07, 6.45) is 1.27. The maximum atomic E-state index is 12.7. The Morgan fingerprint density at radius 2 is 2.17 bits per heavy atom. The van der Waals surface area contributed by atoms with Gasteiger partial charge in [-0.3, -0.25) is 14.6 Å². The lowest BCUT2D eigenvalue weighted by Crippen LogP contribution is -2.39. The molecule has 0 saturated carbocycles. The van der Waals surface area contributed by atoms with Crippen molar-refractivity contribution in [2.45, 2.75) is 38.4 Å². The molecule has 4 heterocycles. The van der Waals surface area contributed by atoms with Gasteiger partial charge in [0.1, 0.15) is 0 Å². The van der Waals surface area contributed by atoms with Gasteiger partial charge in [0.05, 0.1) is 29.2 Å². The fraction of sp³-hybridized carbons (Fsp3) is 0.389. The summed E-state index contributed by atoms with van der Waals surface area (Å²) >= 11 is 1.46. The van der Waals surface area contributed by atoms with Gasteiger partial charge in [-0.15, -0.1) is 11.3 Å². The van der Waals surface area contributed by atoms with Gasteiger partial charge in [-0.05, 0) is 36.9 Å². The Hall–Kier alpha value is -2.21. The molecule has 5 nitrogen and oxygen atoms in total. The highest BCUT2D eigenvalue weighted by Crippen LogP contribution is 2.34. The summed E-state index contributed by atoms with van der Waals surface area (Å²) < 4.78 is 0. The van der Waals surface area contributed by atoms with E-state index in [0.29, 0.717) is 13.0 Å². The van der Waals surface area contributed by atoms with Crippen LogP contribution in [-0.2, 0) is 11.3 Å². The van der Waals surface area contributed by atoms with Crippen LogP contribution < -0.4 is 0 Å². The summed E-state index contributed by atoms with van der Waals surface area (Å²) in [5, 5.41) is 1.91. The minimum absolute atomic E-state index is 0.00286. The van der Waals surface area contributed by atoms with Crippen molar-refractivity contribution in [2.24, 2.45) is 0 Å². The number of aromatic nitrogens is 1. The van der Waals surface area contributed by atoms with E-state index in [4.69, 9.17) is 0 Å². The lowest BCUT2D eigenvalue weighted by molar-refractivity contribution is -0.129. The van der Waals surface area contributed by atoms with Crippen LogP contribution in [0.5, 0.6) is 0 Å². The van der Waals surface area contributed by atoms with Crippen molar-refractivity contribution in [1.82, 2.24) is 14.8 Å². The summed E-state index contributed by atoms with van der Waals surface area (Å²) in [6, 6.07) is 9.73. The number of likely N-dealkylation sites (tertiary alicyclic amines) is 2. The molecule has 0 N–H and O–H groups in total. The first-order valence-corrected chi connectivity index (χ1v) is 9.08. The van der Waals surface area contributed by atoms with Crippen LogP contribution in [0, 0.1) is 6.92 Å². The number of pyridine rings is 1. The lowest BCUT2D eigenvalue weighted by atomic mass is 10.1. The Morgan fingerprint density at radius 1 is 1.29 bits per heavy atom. The number of rotatable bonds is 3. The quantitative estimate of drug-likeness (QED) is 0.862. The average molecular weight is 341 g/mol. The van der Waals surface area contributed by atoms with Crippen molar-refractivity contribution in [2.75, 3.05) is 6.54 Å². The SMILES string of the molecule is Cc1cccc(CN2C(=O)C[C@@H]3[C@H]2CCN3C(=O)c2cccs2)n1. The molecule has 2 aliphatic heterocycles. The second kappa shape index (κ2) is 6.02. The summed E-state index contributed by atoms with van der Waals surface area (Å²) in [6.45, 7) is 3.20. The summed E-state index contributed by atoms with van der Waals surface area (Å²) in [5.41, 5.74) is 1.86. The van der Waals surface area contributed by atoms with E-state index in [1.165, 1.54) is 11.3 Å². The van der Waals surface area contributed by atoms with Gasteiger partial charge in [0.15, 0.2) is 0 Å². The van der Waals surface area contributed by atoms with Crippen LogP contribution >= 0.6 is 11.3 Å². The van der Waals surface area contributed by atoms with Crippen molar-refractivity contribution >= 4 is 23.2 Å². The maximum absolute atomic E-state index is 12.7. The van der Waals surface area contributed by atoms with Crippen molar-refractivity contribution in [3.8, 4) is 0 Å². The third-order valence-electron chi connectivity index (χ3n) is 4.89. The molecule has 2 saturated heterocycles. The van der Waals surface area contributed by atoms with Gasteiger partial charge in [0, 0.05) is 18.7 Å². The van der Waals surface area contributed by atoms with E-state index in [2.05, 4.69) is 4.98 Å². The number of aryl methyl sites for hydroxylation is 1. The van der Waals surface area contributed by atoms with Gasteiger partial charge in [-0.1, -0.05) is 12.1 Å². The molecule has 0 spiro atoms. The zero-order valence-corrected chi connectivity index (χ0v) is 14.3. The Kier molecular flexibility index (Phi) is 3.84. The third kappa shape index (κ3) is 2.60. The smallest absolute Gasteiger partial charge is 0.264 e.